The molecule has 4 heteroatoms. The van der Waals surface area contributed by atoms with Gasteiger partial charge in [0.05, 0.1) is 6.10 Å². The fourth-order valence-electron chi connectivity index (χ4n) is 7.23. The van der Waals surface area contributed by atoms with Crippen LogP contribution in [0.25, 0.3) is 0 Å². The SMILES string of the molecule is CCCCCCC1CCC(C2CCC(C3CCC(OCCCCC)C(F)C3F)CC2F)CC1. The molecule has 3 aliphatic rings. The predicted molar refractivity (Wildman–Crippen MR) is 132 cm³/mol. The van der Waals surface area contributed by atoms with Crippen molar-refractivity contribution in [3.05, 3.63) is 0 Å². The van der Waals surface area contributed by atoms with E-state index in [0.29, 0.717) is 31.8 Å². The zero-order valence-electron chi connectivity index (χ0n) is 21.5. The minimum absolute atomic E-state index is 0.000413. The zero-order valence-corrected chi connectivity index (χ0v) is 21.5. The van der Waals surface area contributed by atoms with Gasteiger partial charge in [-0.15, -0.1) is 0 Å². The van der Waals surface area contributed by atoms with Crippen LogP contribution in [0.1, 0.15) is 123 Å². The molecule has 0 aromatic heterocycles. The molecular weight excluding hydrogens is 421 g/mol. The van der Waals surface area contributed by atoms with Crippen molar-refractivity contribution in [1.29, 1.82) is 0 Å². The smallest absolute Gasteiger partial charge is 0.157 e. The Kier molecular flexibility index (Phi) is 11.9. The number of alkyl halides is 3. The van der Waals surface area contributed by atoms with Gasteiger partial charge in [0, 0.05) is 6.61 Å². The fraction of sp³-hybridized carbons (Fsp3) is 1.00. The van der Waals surface area contributed by atoms with Crippen LogP contribution in [0.3, 0.4) is 0 Å². The maximum atomic E-state index is 15.3. The lowest BCUT2D eigenvalue weighted by atomic mass is 9.64. The molecule has 194 valence electrons. The Hall–Kier alpha value is -0.250. The minimum Gasteiger partial charge on any atom is -0.375 e. The molecule has 0 saturated heterocycles. The molecule has 0 heterocycles. The third kappa shape index (κ3) is 7.87. The van der Waals surface area contributed by atoms with Crippen LogP contribution in [-0.2, 0) is 4.74 Å². The molecule has 0 spiro atoms. The highest BCUT2D eigenvalue weighted by Crippen LogP contribution is 2.48. The molecule has 0 aliphatic heterocycles. The summed E-state index contributed by atoms with van der Waals surface area (Å²) in [5, 5.41) is 0. The van der Waals surface area contributed by atoms with Crippen molar-refractivity contribution in [2.45, 2.75) is 148 Å². The van der Waals surface area contributed by atoms with E-state index >= 15 is 8.78 Å². The molecule has 3 aliphatic carbocycles. The van der Waals surface area contributed by atoms with E-state index in [2.05, 4.69) is 13.8 Å². The summed E-state index contributed by atoms with van der Waals surface area (Å²) in [6.07, 6.45) is 13.6. The van der Waals surface area contributed by atoms with Crippen LogP contribution in [0, 0.1) is 29.6 Å². The van der Waals surface area contributed by atoms with E-state index in [1.54, 1.807) is 0 Å². The van der Waals surface area contributed by atoms with E-state index in [0.717, 1.165) is 38.0 Å². The second-order valence-electron chi connectivity index (χ2n) is 11.6. The molecular formula is C29H51F3O. The highest BCUT2D eigenvalue weighted by atomic mass is 19.2. The number of unbranched alkanes of at least 4 members (excludes halogenated alkanes) is 5. The van der Waals surface area contributed by atoms with E-state index in [9.17, 15) is 4.39 Å². The highest BCUT2D eigenvalue weighted by Gasteiger charge is 2.47. The van der Waals surface area contributed by atoms with Gasteiger partial charge in [0.25, 0.3) is 0 Å². The van der Waals surface area contributed by atoms with Crippen molar-refractivity contribution in [3.63, 3.8) is 0 Å². The summed E-state index contributed by atoms with van der Waals surface area (Å²) in [4.78, 5) is 0. The zero-order chi connectivity index (χ0) is 23.6. The average molecular weight is 473 g/mol. The lowest BCUT2D eigenvalue weighted by molar-refractivity contribution is -0.0926. The van der Waals surface area contributed by atoms with Crippen LogP contribution >= 0.6 is 0 Å². The summed E-state index contributed by atoms with van der Waals surface area (Å²) in [5.74, 6) is 1.18. The first-order valence-electron chi connectivity index (χ1n) is 14.6. The van der Waals surface area contributed by atoms with Gasteiger partial charge in [0.2, 0.25) is 0 Å². The number of rotatable bonds is 12. The van der Waals surface area contributed by atoms with Crippen molar-refractivity contribution in [3.8, 4) is 0 Å². The molecule has 3 rings (SSSR count). The number of hydrogen-bond donors (Lipinski definition) is 0. The Morgan fingerprint density at radius 1 is 0.636 bits per heavy atom. The summed E-state index contributed by atoms with van der Waals surface area (Å²) in [6, 6.07) is 0. The largest absolute Gasteiger partial charge is 0.375 e. The summed E-state index contributed by atoms with van der Waals surface area (Å²) in [7, 11) is 0. The molecule has 1 nitrogen and oxygen atoms in total. The number of ether oxygens (including phenoxy) is 1. The van der Waals surface area contributed by atoms with Gasteiger partial charge in [0.1, 0.15) is 12.3 Å². The van der Waals surface area contributed by atoms with Crippen molar-refractivity contribution in [2.24, 2.45) is 29.6 Å². The van der Waals surface area contributed by atoms with E-state index in [4.69, 9.17) is 4.74 Å². The van der Waals surface area contributed by atoms with Gasteiger partial charge in [-0.3, -0.25) is 0 Å². The first kappa shape index (κ1) is 27.3. The molecule has 7 unspecified atom stereocenters. The first-order valence-corrected chi connectivity index (χ1v) is 14.6. The lowest BCUT2D eigenvalue weighted by Gasteiger charge is -2.44. The Balaban J connectivity index is 1.39. The van der Waals surface area contributed by atoms with Crippen molar-refractivity contribution in [2.75, 3.05) is 6.61 Å². The van der Waals surface area contributed by atoms with Crippen LogP contribution in [0.15, 0.2) is 0 Å². The van der Waals surface area contributed by atoms with Gasteiger partial charge in [0.15, 0.2) is 6.17 Å². The van der Waals surface area contributed by atoms with Crippen LogP contribution in [0.2, 0.25) is 0 Å². The van der Waals surface area contributed by atoms with Gasteiger partial charge in [-0.1, -0.05) is 71.6 Å². The maximum Gasteiger partial charge on any atom is 0.157 e. The Bertz CT molecular complexity index is 521. The maximum absolute atomic E-state index is 15.3. The Morgan fingerprint density at radius 3 is 2.00 bits per heavy atom. The molecule has 0 radical (unpaired) electrons. The quantitative estimate of drug-likeness (QED) is 0.257. The number of hydrogen-bond acceptors (Lipinski definition) is 1. The third-order valence-electron chi connectivity index (χ3n) is 9.36. The van der Waals surface area contributed by atoms with Crippen molar-refractivity contribution < 1.29 is 17.9 Å². The second-order valence-corrected chi connectivity index (χ2v) is 11.6. The molecule has 7 atom stereocenters. The minimum atomic E-state index is -1.55. The van der Waals surface area contributed by atoms with Gasteiger partial charge >= 0.3 is 0 Å². The van der Waals surface area contributed by atoms with Crippen molar-refractivity contribution >= 4 is 0 Å². The molecule has 3 saturated carbocycles. The normalized spacial score (nSPS) is 40.1. The Labute approximate surface area is 202 Å². The van der Waals surface area contributed by atoms with E-state index in [-0.39, 0.29) is 17.8 Å². The standard InChI is InChI=1S/C29H51F3O/c1-3-5-7-8-10-21-11-13-22(14-12-21)24-16-15-23(20-26(24)30)25-17-18-27(29(32)28(25)31)33-19-9-6-4-2/h21-29H,3-20H2,1-2H3. The summed E-state index contributed by atoms with van der Waals surface area (Å²) >= 11 is 0. The third-order valence-corrected chi connectivity index (χ3v) is 9.36. The van der Waals surface area contributed by atoms with Crippen LogP contribution < -0.4 is 0 Å². The van der Waals surface area contributed by atoms with Gasteiger partial charge < -0.3 is 4.74 Å². The predicted octanol–water partition coefficient (Wildman–Crippen LogP) is 9.18. The lowest BCUT2D eigenvalue weighted by Crippen LogP contribution is -2.47. The van der Waals surface area contributed by atoms with Gasteiger partial charge in [-0.2, -0.15) is 0 Å². The van der Waals surface area contributed by atoms with Crippen LogP contribution in [0.5, 0.6) is 0 Å². The first-order chi connectivity index (χ1) is 16.0. The van der Waals surface area contributed by atoms with E-state index in [1.807, 2.05) is 0 Å². The van der Waals surface area contributed by atoms with Crippen molar-refractivity contribution in [1.82, 2.24) is 0 Å². The Morgan fingerprint density at radius 2 is 1.30 bits per heavy atom. The molecule has 0 bridgehead atoms. The summed E-state index contributed by atoms with van der Waals surface area (Å²) < 4.78 is 50.8. The average Bonchev–Trinajstić information content (AvgIpc) is 2.83. The summed E-state index contributed by atoms with van der Waals surface area (Å²) in [6.45, 7) is 4.90. The van der Waals surface area contributed by atoms with E-state index < -0.39 is 24.6 Å². The van der Waals surface area contributed by atoms with Gasteiger partial charge in [-0.25, -0.2) is 13.2 Å². The monoisotopic (exact) mass is 472 g/mol. The molecule has 0 aromatic rings. The molecule has 0 N–H and O–H groups in total. The second kappa shape index (κ2) is 14.3. The fourth-order valence-corrected chi connectivity index (χ4v) is 7.23. The molecule has 0 aromatic carbocycles. The summed E-state index contributed by atoms with van der Waals surface area (Å²) in [5.41, 5.74) is 0. The van der Waals surface area contributed by atoms with Crippen LogP contribution in [-0.4, -0.2) is 31.2 Å². The highest BCUT2D eigenvalue weighted by molar-refractivity contribution is 4.96. The van der Waals surface area contributed by atoms with E-state index in [1.165, 1.54) is 57.8 Å². The van der Waals surface area contributed by atoms with Crippen LogP contribution in [0.4, 0.5) is 13.2 Å². The molecule has 0 amide bonds. The van der Waals surface area contributed by atoms with Gasteiger partial charge in [-0.05, 0) is 81.0 Å². The number of halogens is 3. The molecule has 3 fully saturated rings. The molecule has 33 heavy (non-hydrogen) atoms. The topological polar surface area (TPSA) is 9.23 Å².